The Bertz CT molecular complexity index is 739. The maximum atomic E-state index is 12.0. The van der Waals surface area contributed by atoms with Crippen molar-refractivity contribution < 1.29 is 14.3 Å². The molecule has 6 heteroatoms. The zero-order valence-corrected chi connectivity index (χ0v) is 14.7. The smallest absolute Gasteiger partial charge is 0.315 e. The van der Waals surface area contributed by atoms with Gasteiger partial charge in [0.2, 0.25) is 5.91 Å². The van der Waals surface area contributed by atoms with E-state index in [1.54, 1.807) is 7.11 Å². The molecule has 0 saturated carbocycles. The van der Waals surface area contributed by atoms with Crippen LogP contribution in [0.5, 0.6) is 5.75 Å². The summed E-state index contributed by atoms with van der Waals surface area (Å²) in [5.41, 5.74) is 3.66. The van der Waals surface area contributed by atoms with Crippen LogP contribution in [0, 0.1) is 13.8 Å². The summed E-state index contributed by atoms with van der Waals surface area (Å²) in [6, 6.07) is 12.8. The minimum absolute atomic E-state index is 0.0995. The van der Waals surface area contributed by atoms with Crippen LogP contribution in [-0.2, 0) is 11.3 Å². The second-order valence-electron chi connectivity index (χ2n) is 5.70. The van der Waals surface area contributed by atoms with Gasteiger partial charge in [-0.3, -0.25) is 4.79 Å². The van der Waals surface area contributed by atoms with Crippen molar-refractivity contribution in [2.24, 2.45) is 0 Å². The Kier molecular flexibility index (Phi) is 6.39. The fraction of sp³-hybridized carbons (Fsp3) is 0.263. The molecule has 0 saturated heterocycles. The van der Waals surface area contributed by atoms with Gasteiger partial charge in [-0.25, -0.2) is 4.79 Å². The predicted octanol–water partition coefficient (Wildman–Crippen LogP) is 2.75. The Morgan fingerprint density at radius 1 is 1.00 bits per heavy atom. The normalized spacial score (nSPS) is 10.0. The van der Waals surface area contributed by atoms with Crippen LogP contribution in [0.25, 0.3) is 0 Å². The number of para-hydroxylation sites is 1. The lowest BCUT2D eigenvalue weighted by Crippen LogP contribution is -2.39. The van der Waals surface area contributed by atoms with Gasteiger partial charge in [-0.15, -0.1) is 0 Å². The first-order chi connectivity index (χ1) is 12.0. The van der Waals surface area contributed by atoms with Crippen LogP contribution >= 0.6 is 0 Å². The number of nitrogens with one attached hydrogen (secondary N) is 3. The Hall–Kier alpha value is -3.02. The van der Waals surface area contributed by atoms with Gasteiger partial charge >= 0.3 is 6.03 Å². The Labute approximate surface area is 147 Å². The highest BCUT2D eigenvalue weighted by molar-refractivity contribution is 5.95. The summed E-state index contributed by atoms with van der Waals surface area (Å²) in [5.74, 6) is 0.460. The Morgan fingerprint density at radius 3 is 2.36 bits per heavy atom. The molecule has 0 radical (unpaired) electrons. The predicted molar refractivity (Wildman–Crippen MR) is 97.8 cm³/mol. The first-order valence-corrected chi connectivity index (χ1v) is 8.00. The van der Waals surface area contributed by atoms with Gasteiger partial charge < -0.3 is 20.7 Å². The van der Waals surface area contributed by atoms with E-state index in [-0.39, 0.29) is 12.5 Å². The first kappa shape index (κ1) is 18.3. The summed E-state index contributed by atoms with van der Waals surface area (Å²) < 4.78 is 5.14. The molecule has 0 atom stereocenters. The molecule has 0 aliphatic rings. The summed E-state index contributed by atoms with van der Waals surface area (Å²) in [6.45, 7) is 4.10. The van der Waals surface area contributed by atoms with E-state index >= 15 is 0 Å². The van der Waals surface area contributed by atoms with Gasteiger partial charge in [-0.2, -0.15) is 0 Å². The zero-order chi connectivity index (χ0) is 18.2. The van der Waals surface area contributed by atoms with Gasteiger partial charge in [0.15, 0.2) is 0 Å². The van der Waals surface area contributed by atoms with Gasteiger partial charge in [0.1, 0.15) is 5.75 Å². The van der Waals surface area contributed by atoms with E-state index in [9.17, 15) is 9.59 Å². The van der Waals surface area contributed by atoms with Gasteiger partial charge in [0.25, 0.3) is 0 Å². The third kappa shape index (κ3) is 5.53. The van der Waals surface area contributed by atoms with Gasteiger partial charge in [-0.05, 0) is 42.7 Å². The lowest BCUT2D eigenvalue weighted by Gasteiger charge is -2.12. The van der Waals surface area contributed by atoms with E-state index in [1.165, 1.54) is 0 Å². The number of aryl methyl sites for hydroxylation is 2. The molecule has 25 heavy (non-hydrogen) atoms. The molecule has 6 nitrogen and oxygen atoms in total. The highest BCUT2D eigenvalue weighted by Gasteiger charge is 2.09. The standard InChI is InChI=1S/C19H23N3O3/c1-13-6-4-7-14(2)18(13)22-17(23)12-21-19(24)20-11-15-8-5-9-16(10-15)25-3/h4-10H,11-12H2,1-3H3,(H,22,23)(H2,20,21,24). The van der Waals surface area contributed by atoms with Crippen molar-refractivity contribution >= 4 is 17.6 Å². The van der Waals surface area contributed by atoms with Crippen molar-refractivity contribution in [2.75, 3.05) is 19.0 Å². The molecule has 0 spiro atoms. The molecule has 0 fully saturated rings. The maximum absolute atomic E-state index is 12.0. The summed E-state index contributed by atoms with van der Waals surface area (Å²) in [4.78, 5) is 23.8. The number of carbonyl (C=O) groups is 2. The second kappa shape index (κ2) is 8.73. The molecule has 3 amide bonds. The molecule has 0 aromatic heterocycles. The van der Waals surface area contributed by atoms with Gasteiger partial charge in [-0.1, -0.05) is 30.3 Å². The molecule has 0 bridgehead atoms. The third-order valence-electron chi connectivity index (χ3n) is 3.74. The SMILES string of the molecule is COc1cccc(CNC(=O)NCC(=O)Nc2c(C)cccc2C)c1. The number of rotatable bonds is 6. The highest BCUT2D eigenvalue weighted by Crippen LogP contribution is 2.19. The monoisotopic (exact) mass is 341 g/mol. The van der Waals surface area contributed by atoms with Crippen LogP contribution < -0.4 is 20.7 Å². The highest BCUT2D eigenvalue weighted by atomic mass is 16.5. The van der Waals surface area contributed by atoms with Crippen molar-refractivity contribution in [3.05, 3.63) is 59.2 Å². The van der Waals surface area contributed by atoms with E-state index in [2.05, 4.69) is 16.0 Å². The van der Waals surface area contributed by atoms with E-state index < -0.39 is 6.03 Å². The molecule has 2 rings (SSSR count). The molecule has 132 valence electrons. The van der Waals surface area contributed by atoms with Crippen LogP contribution in [0.15, 0.2) is 42.5 Å². The fourth-order valence-electron chi connectivity index (χ4n) is 2.38. The molecular weight excluding hydrogens is 318 g/mol. The summed E-state index contributed by atoms with van der Waals surface area (Å²) in [6.07, 6.45) is 0. The number of benzene rings is 2. The minimum Gasteiger partial charge on any atom is -0.497 e. The molecule has 0 aliphatic carbocycles. The molecule has 0 unspecified atom stereocenters. The number of anilines is 1. The molecule has 2 aromatic carbocycles. The fourth-order valence-corrected chi connectivity index (χ4v) is 2.38. The number of amides is 3. The van der Waals surface area contributed by atoms with Crippen LogP contribution in [0.1, 0.15) is 16.7 Å². The van der Waals surface area contributed by atoms with Crippen molar-refractivity contribution in [1.29, 1.82) is 0 Å². The number of ether oxygens (including phenoxy) is 1. The van der Waals surface area contributed by atoms with Crippen LogP contribution in [0.3, 0.4) is 0 Å². The Morgan fingerprint density at radius 2 is 1.68 bits per heavy atom. The summed E-state index contributed by atoms with van der Waals surface area (Å²) >= 11 is 0. The van der Waals surface area contributed by atoms with Crippen molar-refractivity contribution in [2.45, 2.75) is 20.4 Å². The molecular formula is C19H23N3O3. The Balaban J connectivity index is 1.78. The summed E-state index contributed by atoms with van der Waals surface area (Å²) in [5, 5.41) is 8.08. The van der Waals surface area contributed by atoms with Crippen molar-refractivity contribution in [3.8, 4) is 5.75 Å². The number of hydrogen-bond donors (Lipinski definition) is 3. The van der Waals surface area contributed by atoms with Gasteiger partial charge in [0, 0.05) is 12.2 Å². The largest absolute Gasteiger partial charge is 0.497 e. The lowest BCUT2D eigenvalue weighted by atomic mass is 10.1. The number of methoxy groups -OCH3 is 1. The van der Waals surface area contributed by atoms with Crippen LogP contribution in [0.4, 0.5) is 10.5 Å². The second-order valence-corrected chi connectivity index (χ2v) is 5.70. The molecule has 3 N–H and O–H groups in total. The average molecular weight is 341 g/mol. The zero-order valence-electron chi connectivity index (χ0n) is 14.7. The topological polar surface area (TPSA) is 79.5 Å². The molecule has 0 aliphatic heterocycles. The van der Waals surface area contributed by atoms with E-state index in [4.69, 9.17) is 4.74 Å². The van der Waals surface area contributed by atoms with E-state index in [0.717, 1.165) is 28.1 Å². The number of urea groups is 1. The number of hydrogen-bond acceptors (Lipinski definition) is 3. The average Bonchev–Trinajstić information content (AvgIpc) is 2.61. The van der Waals surface area contributed by atoms with Crippen molar-refractivity contribution in [3.63, 3.8) is 0 Å². The van der Waals surface area contributed by atoms with Crippen LogP contribution in [0.2, 0.25) is 0 Å². The first-order valence-electron chi connectivity index (χ1n) is 8.00. The third-order valence-corrected chi connectivity index (χ3v) is 3.74. The minimum atomic E-state index is -0.403. The quantitative estimate of drug-likeness (QED) is 0.756. The van der Waals surface area contributed by atoms with Crippen LogP contribution in [-0.4, -0.2) is 25.6 Å². The number of carbonyl (C=O) groups excluding carboxylic acids is 2. The lowest BCUT2D eigenvalue weighted by molar-refractivity contribution is -0.115. The molecule has 2 aromatic rings. The van der Waals surface area contributed by atoms with Gasteiger partial charge in [0.05, 0.1) is 13.7 Å². The summed E-state index contributed by atoms with van der Waals surface area (Å²) in [7, 11) is 1.59. The molecule has 0 heterocycles. The van der Waals surface area contributed by atoms with E-state index in [0.29, 0.717) is 6.54 Å². The van der Waals surface area contributed by atoms with E-state index in [1.807, 2.05) is 56.3 Å². The maximum Gasteiger partial charge on any atom is 0.315 e. The van der Waals surface area contributed by atoms with Crippen molar-refractivity contribution in [1.82, 2.24) is 10.6 Å².